The lowest BCUT2D eigenvalue weighted by molar-refractivity contribution is 0.859. The molecule has 0 spiro atoms. The van der Waals surface area contributed by atoms with Crippen molar-refractivity contribution in [3.8, 4) is 11.1 Å². The second-order valence-electron chi connectivity index (χ2n) is 6.97. The van der Waals surface area contributed by atoms with Crippen LogP contribution in [0.3, 0.4) is 0 Å². The van der Waals surface area contributed by atoms with Gasteiger partial charge in [0.15, 0.2) is 0 Å². The van der Waals surface area contributed by atoms with Crippen molar-refractivity contribution in [1.29, 1.82) is 0 Å². The third-order valence-electron chi connectivity index (χ3n) is 4.82. The third-order valence-corrected chi connectivity index (χ3v) is 4.82. The lowest BCUT2D eigenvalue weighted by Crippen LogP contribution is -1.97. The van der Waals surface area contributed by atoms with Crippen molar-refractivity contribution < 1.29 is 0 Å². The van der Waals surface area contributed by atoms with Gasteiger partial charge in [-0.05, 0) is 59.1 Å². The number of rotatable bonds is 9. The van der Waals surface area contributed by atoms with Crippen LogP contribution in [0.15, 0.2) is 36.4 Å². The minimum atomic E-state index is 1.19. The monoisotopic (exact) mass is 322 g/mol. The third kappa shape index (κ3) is 4.72. The van der Waals surface area contributed by atoms with Crippen molar-refractivity contribution in [3.05, 3.63) is 58.7 Å². The van der Waals surface area contributed by atoms with Gasteiger partial charge in [0.1, 0.15) is 0 Å². The Kier molecular flexibility index (Phi) is 7.56. The Morgan fingerprint density at radius 1 is 0.458 bits per heavy atom. The SMILES string of the molecule is CCCc1ccc(-c2ccc(CCC)c(CCC)c2)cc1CCC. The molecule has 0 bridgehead atoms. The summed E-state index contributed by atoms with van der Waals surface area (Å²) in [6.45, 7) is 9.10. The number of hydrogen-bond donors (Lipinski definition) is 0. The molecule has 0 aliphatic heterocycles. The minimum absolute atomic E-state index is 1.19. The van der Waals surface area contributed by atoms with Gasteiger partial charge in [-0.1, -0.05) is 89.8 Å². The molecule has 0 nitrogen and oxygen atoms in total. The van der Waals surface area contributed by atoms with Gasteiger partial charge in [0, 0.05) is 0 Å². The van der Waals surface area contributed by atoms with Crippen LogP contribution >= 0.6 is 0 Å². The molecule has 2 aromatic rings. The van der Waals surface area contributed by atoms with Gasteiger partial charge in [-0.25, -0.2) is 0 Å². The van der Waals surface area contributed by atoms with E-state index in [1.54, 1.807) is 22.3 Å². The average molecular weight is 323 g/mol. The van der Waals surface area contributed by atoms with E-state index in [9.17, 15) is 0 Å². The Hall–Kier alpha value is -1.56. The van der Waals surface area contributed by atoms with Crippen LogP contribution in [0, 0.1) is 0 Å². The molecular formula is C24H34. The zero-order valence-electron chi connectivity index (χ0n) is 16.1. The average Bonchev–Trinajstić information content (AvgIpc) is 2.59. The minimum Gasteiger partial charge on any atom is -0.0651 e. The topological polar surface area (TPSA) is 0 Å². The fraction of sp³-hybridized carbons (Fsp3) is 0.500. The Bertz CT molecular complexity index is 579. The molecule has 0 saturated carbocycles. The Morgan fingerprint density at radius 3 is 1.12 bits per heavy atom. The van der Waals surface area contributed by atoms with Gasteiger partial charge in [0.2, 0.25) is 0 Å². The van der Waals surface area contributed by atoms with Crippen LogP contribution in [-0.4, -0.2) is 0 Å². The molecule has 0 aliphatic carbocycles. The molecule has 0 N–H and O–H groups in total. The quantitative estimate of drug-likeness (QED) is 0.459. The highest BCUT2D eigenvalue weighted by Crippen LogP contribution is 2.27. The molecule has 0 unspecified atom stereocenters. The van der Waals surface area contributed by atoms with Gasteiger partial charge in [-0.2, -0.15) is 0 Å². The van der Waals surface area contributed by atoms with Crippen molar-refractivity contribution in [1.82, 2.24) is 0 Å². The first-order valence-corrected chi connectivity index (χ1v) is 9.97. The van der Waals surface area contributed by atoms with Crippen molar-refractivity contribution in [2.24, 2.45) is 0 Å². The summed E-state index contributed by atoms with van der Waals surface area (Å²) < 4.78 is 0. The lowest BCUT2D eigenvalue weighted by Gasteiger charge is -2.14. The Morgan fingerprint density at radius 2 is 0.792 bits per heavy atom. The first-order valence-electron chi connectivity index (χ1n) is 9.97. The molecule has 0 saturated heterocycles. The summed E-state index contributed by atoms with van der Waals surface area (Å²) in [7, 11) is 0. The summed E-state index contributed by atoms with van der Waals surface area (Å²) in [5.74, 6) is 0. The Labute approximate surface area is 149 Å². The van der Waals surface area contributed by atoms with Crippen LogP contribution < -0.4 is 0 Å². The summed E-state index contributed by atoms with van der Waals surface area (Å²) in [6, 6.07) is 14.3. The first-order chi connectivity index (χ1) is 11.7. The molecule has 0 atom stereocenters. The second-order valence-corrected chi connectivity index (χ2v) is 6.97. The van der Waals surface area contributed by atoms with E-state index in [1.165, 1.54) is 62.5 Å². The molecule has 0 heteroatoms. The number of hydrogen-bond acceptors (Lipinski definition) is 0. The summed E-state index contributed by atoms with van der Waals surface area (Å²) in [5, 5.41) is 0. The smallest absolute Gasteiger partial charge is 0.0181 e. The zero-order chi connectivity index (χ0) is 17.4. The molecule has 2 aromatic carbocycles. The maximum atomic E-state index is 2.44. The lowest BCUT2D eigenvalue weighted by atomic mass is 9.91. The van der Waals surface area contributed by atoms with Gasteiger partial charge in [0.25, 0.3) is 0 Å². The molecule has 0 fully saturated rings. The second kappa shape index (κ2) is 9.67. The van der Waals surface area contributed by atoms with Crippen LogP contribution in [0.25, 0.3) is 11.1 Å². The van der Waals surface area contributed by atoms with Crippen LogP contribution in [-0.2, 0) is 25.7 Å². The van der Waals surface area contributed by atoms with Gasteiger partial charge < -0.3 is 0 Å². The van der Waals surface area contributed by atoms with E-state index in [2.05, 4.69) is 64.1 Å². The molecule has 2 rings (SSSR count). The summed E-state index contributed by atoms with van der Waals surface area (Å²) in [5.41, 5.74) is 8.95. The molecule has 0 radical (unpaired) electrons. The van der Waals surface area contributed by atoms with Crippen LogP contribution in [0.5, 0.6) is 0 Å². The molecule has 24 heavy (non-hydrogen) atoms. The maximum absolute atomic E-state index is 2.44. The zero-order valence-corrected chi connectivity index (χ0v) is 16.1. The summed E-state index contributed by atoms with van der Waals surface area (Å²) in [4.78, 5) is 0. The predicted molar refractivity (Wildman–Crippen MR) is 108 cm³/mol. The molecule has 0 amide bonds. The van der Waals surface area contributed by atoms with Crippen molar-refractivity contribution in [2.45, 2.75) is 79.1 Å². The number of aryl methyl sites for hydroxylation is 4. The molecule has 0 aliphatic rings. The van der Waals surface area contributed by atoms with Gasteiger partial charge in [-0.15, -0.1) is 0 Å². The highest BCUT2D eigenvalue weighted by molar-refractivity contribution is 5.66. The van der Waals surface area contributed by atoms with Crippen LogP contribution in [0.2, 0.25) is 0 Å². The van der Waals surface area contributed by atoms with Gasteiger partial charge in [0.05, 0.1) is 0 Å². The molecule has 0 heterocycles. The van der Waals surface area contributed by atoms with E-state index in [4.69, 9.17) is 0 Å². The van der Waals surface area contributed by atoms with E-state index in [0.29, 0.717) is 0 Å². The van der Waals surface area contributed by atoms with Crippen LogP contribution in [0.4, 0.5) is 0 Å². The molecular weight excluding hydrogens is 288 g/mol. The van der Waals surface area contributed by atoms with Crippen LogP contribution in [0.1, 0.15) is 75.6 Å². The fourth-order valence-corrected chi connectivity index (χ4v) is 3.64. The Balaban J connectivity index is 2.39. The summed E-state index contributed by atoms with van der Waals surface area (Å²) >= 11 is 0. The van der Waals surface area contributed by atoms with E-state index >= 15 is 0 Å². The number of benzene rings is 2. The maximum Gasteiger partial charge on any atom is -0.0181 e. The van der Waals surface area contributed by atoms with Gasteiger partial charge in [-0.3, -0.25) is 0 Å². The largest absolute Gasteiger partial charge is 0.0651 e. The highest BCUT2D eigenvalue weighted by Gasteiger charge is 2.08. The van der Waals surface area contributed by atoms with E-state index in [1.807, 2.05) is 0 Å². The van der Waals surface area contributed by atoms with Gasteiger partial charge >= 0.3 is 0 Å². The van der Waals surface area contributed by atoms with Crippen molar-refractivity contribution >= 4 is 0 Å². The fourth-order valence-electron chi connectivity index (χ4n) is 3.64. The first kappa shape index (κ1) is 18.8. The van der Waals surface area contributed by atoms with E-state index < -0.39 is 0 Å². The molecule has 0 aromatic heterocycles. The normalized spacial score (nSPS) is 11.0. The van der Waals surface area contributed by atoms with Crippen molar-refractivity contribution in [3.63, 3.8) is 0 Å². The predicted octanol–water partition coefficient (Wildman–Crippen LogP) is 7.16. The van der Waals surface area contributed by atoms with Crippen molar-refractivity contribution in [2.75, 3.05) is 0 Å². The highest BCUT2D eigenvalue weighted by atomic mass is 14.1. The van der Waals surface area contributed by atoms with E-state index in [0.717, 1.165) is 0 Å². The van der Waals surface area contributed by atoms with E-state index in [-0.39, 0.29) is 0 Å². The summed E-state index contributed by atoms with van der Waals surface area (Å²) in [6.07, 6.45) is 9.67. The molecule has 130 valence electrons. The standard InChI is InChI=1S/C24H34/c1-5-9-19-13-15-23(17-21(19)11-7-3)24-16-14-20(10-6-2)22(18-24)12-8-4/h13-18H,5-12H2,1-4H3.